The Morgan fingerprint density at radius 3 is 2.84 bits per heavy atom. The van der Waals surface area contributed by atoms with E-state index < -0.39 is 0 Å². The van der Waals surface area contributed by atoms with Crippen LogP contribution in [0.1, 0.15) is 23.3 Å². The molecule has 0 bridgehead atoms. The van der Waals surface area contributed by atoms with Crippen molar-refractivity contribution in [1.29, 1.82) is 0 Å². The van der Waals surface area contributed by atoms with Gasteiger partial charge in [-0.15, -0.1) is 0 Å². The summed E-state index contributed by atoms with van der Waals surface area (Å²) in [5.74, 6) is 1.65. The first-order chi connectivity index (χ1) is 9.26. The average molecular weight is 256 g/mol. The third-order valence-electron chi connectivity index (χ3n) is 3.22. The number of nitrogens with one attached hydrogen (secondary N) is 1. The molecule has 0 saturated heterocycles. The lowest BCUT2D eigenvalue weighted by molar-refractivity contribution is 0.468. The summed E-state index contributed by atoms with van der Waals surface area (Å²) in [6.45, 7) is 1.94. The predicted molar refractivity (Wildman–Crippen MR) is 73.0 cm³/mol. The van der Waals surface area contributed by atoms with Gasteiger partial charge in [-0.3, -0.25) is 0 Å². The first-order valence-corrected chi connectivity index (χ1v) is 6.33. The zero-order valence-corrected chi connectivity index (χ0v) is 11.0. The van der Waals surface area contributed by atoms with Crippen LogP contribution in [0.15, 0.2) is 45.4 Å². The number of rotatable bonds is 4. The molecule has 0 spiro atoms. The molecule has 2 heterocycles. The second-order valence-electron chi connectivity index (χ2n) is 4.61. The highest BCUT2D eigenvalue weighted by molar-refractivity contribution is 5.72. The summed E-state index contributed by atoms with van der Waals surface area (Å²) in [5.41, 5.74) is 2.84. The Balaban J connectivity index is 1.86. The molecule has 4 heteroatoms. The number of furan rings is 1. The highest BCUT2D eigenvalue weighted by atomic mass is 16.3. The number of benzene rings is 1. The standard InChI is InChI=1S/C15H16N2O2/c1-10-7-11(9-18-10)13(16-2)8-15-17-12-5-3-4-6-14(12)19-15/h3-7,9,13,16H,8H2,1-2H3. The van der Waals surface area contributed by atoms with Gasteiger partial charge in [-0.05, 0) is 32.2 Å². The maximum absolute atomic E-state index is 5.75. The van der Waals surface area contributed by atoms with Crippen molar-refractivity contribution in [3.8, 4) is 0 Å². The maximum atomic E-state index is 5.75. The number of likely N-dealkylation sites (N-methyl/N-ethyl adjacent to an activating group) is 1. The molecule has 0 fully saturated rings. The van der Waals surface area contributed by atoms with Crippen molar-refractivity contribution < 1.29 is 8.83 Å². The molecule has 1 atom stereocenters. The number of hydrogen-bond donors (Lipinski definition) is 1. The number of oxazole rings is 1. The third kappa shape index (κ3) is 2.39. The quantitative estimate of drug-likeness (QED) is 0.778. The van der Waals surface area contributed by atoms with E-state index in [1.54, 1.807) is 6.26 Å². The van der Waals surface area contributed by atoms with Crippen LogP contribution in [0.5, 0.6) is 0 Å². The van der Waals surface area contributed by atoms with E-state index in [9.17, 15) is 0 Å². The minimum Gasteiger partial charge on any atom is -0.469 e. The maximum Gasteiger partial charge on any atom is 0.197 e. The van der Waals surface area contributed by atoms with Crippen LogP contribution < -0.4 is 5.32 Å². The topological polar surface area (TPSA) is 51.2 Å². The first kappa shape index (κ1) is 12.0. The lowest BCUT2D eigenvalue weighted by Gasteiger charge is -2.11. The molecule has 19 heavy (non-hydrogen) atoms. The van der Waals surface area contributed by atoms with Crippen LogP contribution in [0.25, 0.3) is 11.1 Å². The molecular weight excluding hydrogens is 240 g/mol. The minimum atomic E-state index is 0.144. The van der Waals surface area contributed by atoms with E-state index in [4.69, 9.17) is 8.83 Å². The van der Waals surface area contributed by atoms with E-state index in [2.05, 4.69) is 10.3 Å². The van der Waals surface area contributed by atoms with Crippen LogP contribution in [0.3, 0.4) is 0 Å². The van der Waals surface area contributed by atoms with E-state index >= 15 is 0 Å². The summed E-state index contributed by atoms with van der Waals surface area (Å²) >= 11 is 0. The van der Waals surface area contributed by atoms with Crippen LogP contribution >= 0.6 is 0 Å². The third-order valence-corrected chi connectivity index (χ3v) is 3.22. The zero-order valence-electron chi connectivity index (χ0n) is 11.0. The summed E-state index contributed by atoms with van der Waals surface area (Å²) in [4.78, 5) is 4.50. The Labute approximate surface area is 111 Å². The summed E-state index contributed by atoms with van der Waals surface area (Å²) in [7, 11) is 1.93. The summed E-state index contributed by atoms with van der Waals surface area (Å²) in [5, 5.41) is 3.26. The van der Waals surface area contributed by atoms with Gasteiger partial charge in [0.25, 0.3) is 0 Å². The number of aryl methyl sites for hydroxylation is 1. The molecule has 1 N–H and O–H groups in total. The van der Waals surface area contributed by atoms with Gasteiger partial charge in [-0.2, -0.15) is 0 Å². The van der Waals surface area contributed by atoms with Gasteiger partial charge in [0.15, 0.2) is 11.5 Å². The number of hydrogen-bond acceptors (Lipinski definition) is 4. The molecule has 0 radical (unpaired) electrons. The Morgan fingerprint density at radius 1 is 1.32 bits per heavy atom. The summed E-state index contributed by atoms with van der Waals surface area (Å²) < 4.78 is 11.1. The van der Waals surface area contributed by atoms with Crippen molar-refractivity contribution >= 4 is 11.1 Å². The van der Waals surface area contributed by atoms with Crippen molar-refractivity contribution in [3.05, 3.63) is 53.8 Å². The van der Waals surface area contributed by atoms with E-state index in [1.807, 2.05) is 44.3 Å². The number of nitrogens with zero attached hydrogens (tertiary/aromatic N) is 1. The average Bonchev–Trinajstić information content (AvgIpc) is 3.01. The van der Waals surface area contributed by atoms with Gasteiger partial charge in [0.2, 0.25) is 0 Å². The molecule has 1 unspecified atom stereocenters. The molecule has 4 nitrogen and oxygen atoms in total. The Kier molecular flexibility index (Phi) is 3.09. The van der Waals surface area contributed by atoms with Crippen LogP contribution in [0.2, 0.25) is 0 Å². The number of aromatic nitrogens is 1. The van der Waals surface area contributed by atoms with E-state index in [0.717, 1.165) is 28.3 Å². The highest BCUT2D eigenvalue weighted by Crippen LogP contribution is 2.22. The molecule has 3 aromatic rings. The predicted octanol–water partition coefficient (Wildman–Crippen LogP) is 3.23. The first-order valence-electron chi connectivity index (χ1n) is 6.33. The molecule has 0 amide bonds. The van der Waals surface area contributed by atoms with Crippen molar-refractivity contribution in [1.82, 2.24) is 10.3 Å². The number of para-hydroxylation sites is 2. The second-order valence-corrected chi connectivity index (χ2v) is 4.61. The van der Waals surface area contributed by atoms with Crippen molar-refractivity contribution in [2.24, 2.45) is 0 Å². The molecule has 0 aliphatic heterocycles. The lowest BCUT2D eigenvalue weighted by Crippen LogP contribution is -2.18. The van der Waals surface area contributed by atoms with Gasteiger partial charge in [-0.1, -0.05) is 12.1 Å². The molecular formula is C15H16N2O2. The molecule has 2 aromatic heterocycles. The summed E-state index contributed by atoms with van der Waals surface area (Å²) in [6.07, 6.45) is 2.48. The molecule has 1 aromatic carbocycles. The van der Waals surface area contributed by atoms with E-state index in [0.29, 0.717) is 6.42 Å². The Bertz CT molecular complexity index is 651. The van der Waals surface area contributed by atoms with Gasteiger partial charge in [0.05, 0.1) is 6.26 Å². The fourth-order valence-electron chi connectivity index (χ4n) is 2.21. The van der Waals surface area contributed by atoms with Crippen LogP contribution in [-0.2, 0) is 6.42 Å². The van der Waals surface area contributed by atoms with E-state index in [1.165, 1.54) is 0 Å². The van der Waals surface area contributed by atoms with Gasteiger partial charge >= 0.3 is 0 Å². The SMILES string of the molecule is CNC(Cc1nc2ccccc2o1)c1coc(C)c1. The van der Waals surface area contributed by atoms with Gasteiger partial charge in [0, 0.05) is 18.0 Å². The van der Waals surface area contributed by atoms with E-state index in [-0.39, 0.29) is 6.04 Å². The van der Waals surface area contributed by atoms with Gasteiger partial charge in [-0.25, -0.2) is 4.98 Å². The Morgan fingerprint density at radius 2 is 2.16 bits per heavy atom. The molecule has 0 aliphatic carbocycles. The van der Waals surface area contributed by atoms with Crippen molar-refractivity contribution in [3.63, 3.8) is 0 Å². The number of fused-ring (bicyclic) bond motifs is 1. The monoisotopic (exact) mass is 256 g/mol. The second kappa shape index (κ2) is 4.90. The van der Waals surface area contributed by atoms with Gasteiger partial charge in [0.1, 0.15) is 11.3 Å². The molecule has 3 rings (SSSR count). The van der Waals surface area contributed by atoms with Crippen LogP contribution in [0.4, 0.5) is 0 Å². The van der Waals surface area contributed by atoms with Gasteiger partial charge < -0.3 is 14.2 Å². The van der Waals surface area contributed by atoms with Crippen LogP contribution in [0, 0.1) is 6.92 Å². The van der Waals surface area contributed by atoms with Crippen molar-refractivity contribution in [2.45, 2.75) is 19.4 Å². The summed E-state index contributed by atoms with van der Waals surface area (Å²) in [6, 6.07) is 9.98. The minimum absolute atomic E-state index is 0.144. The normalized spacial score (nSPS) is 12.9. The van der Waals surface area contributed by atoms with Crippen LogP contribution in [-0.4, -0.2) is 12.0 Å². The zero-order chi connectivity index (χ0) is 13.2. The molecule has 0 saturated carbocycles. The van der Waals surface area contributed by atoms with Crippen molar-refractivity contribution in [2.75, 3.05) is 7.05 Å². The fourth-order valence-corrected chi connectivity index (χ4v) is 2.21. The fraction of sp³-hybridized carbons (Fsp3) is 0.267. The highest BCUT2D eigenvalue weighted by Gasteiger charge is 2.16. The Hall–Kier alpha value is -2.07. The smallest absolute Gasteiger partial charge is 0.197 e. The lowest BCUT2D eigenvalue weighted by atomic mass is 10.1. The molecule has 0 aliphatic rings. The molecule has 98 valence electrons. The largest absolute Gasteiger partial charge is 0.469 e.